The Morgan fingerprint density at radius 2 is 1.81 bits per heavy atom. The molecular formula is C28H38FNO6S. The summed E-state index contributed by atoms with van der Waals surface area (Å²) in [6, 6.07) is 6.08. The molecule has 0 heterocycles. The Morgan fingerprint density at radius 3 is 2.35 bits per heavy atom. The van der Waals surface area contributed by atoms with Gasteiger partial charge in [0.1, 0.15) is 0 Å². The maximum atomic E-state index is 14.7. The van der Waals surface area contributed by atoms with Crippen LogP contribution in [0.4, 0.5) is 10.1 Å². The van der Waals surface area contributed by atoms with Crippen LogP contribution in [0.15, 0.2) is 24.3 Å². The Morgan fingerprint density at radius 1 is 1.16 bits per heavy atom. The van der Waals surface area contributed by atoms with Crippen molar-refractivity contribution in [2.24, 2.45) is 5.92 Å². The van der Waals surface area contributed by atoms with E-state index in [9.17, 15) is 22.7 Å². The maximum Gasteiger partial charge on any atom is 0.337 e. The lowest BCUT2D eigenvalue weighted by atomic mass is 9.87. The molecule has 2 N–H and O–H groups in total. The van der Waals surface area contributed by atoms with Crippen LogP contribution in [0, 0.1) is 25.6 Å². The number of carbonyl (C=O) groups is 1. The maximum absolute atomic E-state index is 14.7. The molecule has 0 spiro atoms. The van der Waals surface area contributed by atoms with Crippen molar-refractivity contribution >= 4 is 21.7 Å². The zero-order chi connectivity index (χ0) is 27.5. The molecule has 9 heteroatoms. The number of anilines is 1. The molecule has 1 unspecified atom stereocenters. The third kappa shape index (κ3) is 7.23. The molecular weight excluding hydrogens is 497 g/mol. The molecule has 2 aromatic rings. The molecule has 7 nitrogen and oxygen atoms in total. The van der Waals surface area contributed by atoms with Gasteiger partial charge in [-0.25, -0.2) is 17.6 Å². The van der Waals surface area contributed by atoms with E-state index in [0.29, 0.717) is 27.9 Å². The molecule has 0 saturated heterocycles. The summed E-state index contributed by atoms with van der Waals surface area (Å²) in [5.41, 5.74) is 1.68. The zero-order valence-corrected chi connectivity index (χ0v) is 23.3. The van der Waals surface area contributed by atoms with E-state index in [2.05, 4.69) is 4.72 Å². The number of carboxylic acid groups (broad SMARTS) is 1. The highest BCUT2D eigenvalue weighted by atomic mass is 32.2. The molecule has 37 heavy (non-hydrogen) atoms. The van der Waals surface area contributed by atoms with Crippen molar-refractivity contribution in [3.63, 3.8) is 0 Å². The van der Waals surface area contributed by atoms with Crippen LogP contribution < -0.4 is 9.46 Å². The molecule has 1 aliphatic carbocycles. The molecule has 0 aliphatic heterocycles. The summed E-state index contributed by atoms with van der Waals surface area (Å²) in [7, 11) is -2.31. The second-order valence-corrected chi connectivity index (χ2v) is 12.6. The van der Waals surface area contributed by atoms with Gasteiger partial charge in [-0.1, -0.05) is 25.3 Å². The second kappa shape index (κ2) is 11.4. The predicted molar refractivity (Wildman–Crippen MR) is 143 cm³/mol. The molecule has 1 atom stereocenters. The van der Waals surface area contributed by atoms with Crippen LogP contribution in [0.5, 0.6) is 5.75 Å². The van der Waals surface area contributed by atoms with Gasteiger partial charge in [-0.15, -0.1) is 0 Å². The number of ether oxygens (including phenoxy) is 2. The smallest absolute Gasteiger partial charge is 0.337 e. The molecule has 0 aromatic heterocycles. The second-order valence-electron chi connectivity index (χ2n) is 10.8. The third-order valence-electron chi connectivity index (χ3n) is 6.68. The first-order valence-electron chi connectivity index (χ1n) is 12.6. The summed E-state index contributed by atoms with van der Waals surface area (Å²) < 4.78 is 54.7. The number of aryl methyl sites for hydroxylation is 1. The number of benzene rings is 2. The SMILES string of the molecule is COc1ccc(-c2c(C)cc(NS(=O)(=O)CC3CCCCC3)c(C)c2C(OC(C)(C)C)C(=O)O)cc1F. The van der Waals surface area contributed by atoms with Gasteiger partial charge in [-0.3, -0.25) is 4.72 Å². The highest BCUT2D eigenvalue weighted by Gasteiger charge is 2.33. The van der Waals surface area contributed by atoms with Gasteiger partial charge in [0.15, 0.2) is 17.7 Å². The fourth-order valence-electron chi connectivity index (χ4n) is 5.04. The minimum atomic E-state index is -3.68. The molecule has 0 radical (unpaired) electrons. The summed E-state index contributed by atoms with van der Waals surface area (Å²) in [4.78, 5) is 12.5. The van der Waals surface area contributed by atoms with E-state index in [1.807, 2.05) is 0 Å². The van der Waals surface area contributed by atoms with E-state index in [1.165, 1.54) is 19.2 Å². The summed E-state index contributed by atoms with van der Waals surface area (Å²) >= 11 is 0. The molecule has 0 amide bonds. The van der Waals surface area contributed by atoms with Gasteiger partial charge in [-0.05, 0) is 93.8 Å². The van der Waals surface area contributed by atoms with Gasteiger partial charge in [0, 0.05) is 5.56 Å². The fraction of sp³-hybridized carbons (Fsp3) is 0.536. The van der Waals surface area contributed by atoms with Gasteiger partial charge >= 0.3 is 5.97 Å². The minimum absolute atomic E-state index is 0.0209. The normalized spacial score (nSPS) is 15.9. The van der Waals surface area contributed by atoms with Crippen LogP contribution in [0.25, 0.3) is 11.1 Å². The number of rotatable bonds is 9. The molecule has 0 bridgehead atoms. The van der Waals surface area contributed by atoms with Crippen LogP contribution >= 0.6 is 0 Å². The first-order chi connectivity index (χ1) is 17.2. The number of sulfonamides is 1. The lowest BCUT2D eigenvalue weighted by molar-refractivity contribution is -0.160. The standard InChI is InChI=1S/C28H38FNO6S/c1-17-14-22(30-37(33,34)16-19-10-8-7-9-11-19)18(2)25(26(27(31)32)36-28(3,4)5)24(17)20-12-13-23(35-6)21(29)15-20/h12-15,19,26,30H,7-11,16H2,1-6H3,(H,31,32). The summed E-state index contributed by atoms with van der Waals surface area (Å²) in [5, 5.41) is 10.2. The van der Waals surface area contributed by atoms with E-state index in [4.69, 9.17) is 9.47 Å². The van der Waals surface area contributed by atoms with E-state index in [1.54, 1.807) is 46.8 Å². The summed E-state index contributed by atoms with van der Waals surface area (Å²) in [5.74, 6) is -1.64. The van der Waals surface area contributed by atoms with E-state index >= 15 is 0 Å². The van der Waals surface area contributed by atoms with Crippen molar-refractivity contribution < 1.29 is 32.2 Å². The molecule has 2 aromatic carbocycles. The Kier molecular flexibility index (Phi) is 8.90. The number of aliphatic carboxylic acids is 1. The number of methoxy groups -OCH3 is 1. The molecule has 204 valence electrons. The topological polar surface area (TPSA) is 102 Å². The average molecular weight is 536 g/mol. The van der Waals surface area contributed by atoms with Gasteiger partial charge in [0.25, 0.3) is 0 Å². The van der Waals surface area contributed by atoms with Crippen molar-refractivity contribution in [2.75, 3.05) is 17.6 Å². The van der Waals surface area contributed by atoms with Crippen molar-refractivity contribution in [2.45, 2.75) is 78.4 Å². The number of carboxylic acids is 1. The summed E-state index contributed by atoms with van der Waals surface area (Å²) in [6.07, 6.45) is 3.53. The van der Waals surface area contributed by atoms with Crippen LogP contribution in [0.2, 0.25) is 0 Å². The lowest BCUT2D eigenvalue weighted by Gasteiger charge is -2.30. The highest BCUT2D eigenvalue weighted by Crippen LogP contribution is 2.42. The Balaban J connectivity index is 2.17. The van der Waals surface area contributed by atoms with Crippen LogP contribution in [-0.2, 0) is 19.6 Å². The van der Waals surface area contributed by atoms with Gasteiger partial charge < -0.3 is 14.6 Å². The summed E-state index contributed by atoms with van der Waals surface area (Å²) in [6.45, 7) is 8.64. The number of halogens is 1. The van der Waals surface area contributed by atoms with E-state index in [0.717, 1.165) is 32.1 Å². The Bertz CT molecular complexity index is 1250. The van der Waals surface area contributed by atoms with Crippen molar-refractivity contribution in [1.29, 1.82) is 0 Å². The first kappa shape index (κ1) is 28.9. The molecule has 1 aliphatic rings. The van der Waals surface area contributed by atoms with E-state index in [-0.39, 0.29) is 23.0 Å². The van der Waals surface area contributed by atoms with Crippen molar-refractivity contribution in [3.8, 4) is 16.9 Å². The quantitative estimate of drug-likeness (QED) is 0.386. The predicted octanol–water partition coefficient (Wildman–Crippen LogP) is 6.38. The van der Waals surface area contributed by atoms with Crippen molar-refractivity contribution in [3.05, 3.63) is 46.8 Å². The van der Waals surface area contributed by atoms with Crippen LogP contribution in [0.3, 0.4) is 0 Å². The first-order valence-corrected chi connectivity index (χ1v) is 14.3. The number of hydrogen-bond donors (Lipinski definition) is 2. The van der Waals surface area contributed by atoms with Crippen LogP contribution in [-0.4, -0.2) is 38.0 Å². The zero-order valence-electron chi connectivity index (χ0n) is 22.5. The average Bonchev–Trinajstić information content (AvgIpc) is 2.79. The number of nitrogens with one attached hydrogen (secondary N) is 1. The largest absolute Gasteiger partial charge is 0.494 e. The van der Waals surface area contributed by atoms with Crippen LogP contribution in [0.1, 0.15) is 75.7 Å². The lowest BCUT2D eigenvalue weighted by Crippen LogP contribution is -2.29. The van der Waals surface area contributed by atoms with Gasteiger partial charge in [0.2, 0.25) is 10.0 Å². The number of hydrogen-bond acceptors (Lipinski definition) is 5. The van der Waals surface area contributed by atoms with Crippen molar-refractivity contribution in [1.82, 2.24) is 0 Å². The Hall–Kier alpha value is -2.65. The van der Waals surface area contributed by atoms with Gasteiger partial charge in [-0.2, -0.15) is 0 Å². The highest BCUT2D eigenvalue weighted by molar-refractivity contribution is 7.92. The van der Waals surface area contributed by atoms with Gasteiger partial charge in [0.05, 0.1) is 24.2 Å². The Labute approximate surface area is 219 Å². The third-order valence-corrected chi connectivity index (χ3v) is 8.12. The molecule has 1 saturated carbocycles. The molecule has 1 fully saturated rings. The minimum Gasteiger partial charge on any atom is -0.494 e. The van der Waals surface area contributed by atoms with E-state index < -0.39 is 33.5 Å². The molecule has 3 rings (SSSR count). The monoisotopic (exact) mass is 535 g/mol. The fourth-order valence-corrected chi connectivity index (χ4v) is 6.62.